The van der Waals surface area contributed by atoms with Crippen molar-refractivity contribution >= 4 is 52.3 Å². The molecule has 0 atom stereocenters. The Bertz CT molecular complexity index is 933. The minimum atomic E-state index is -0.391. The van der Waals surface area contributed by atoms with Crippen LogP contribution in [0.5, 0.6) is 0 Å². The average molecular weight is 389 g/mol. The molecular formula is C18H14Cl2N4O2. The molecule has 0 saturated carbocycles. The third kappa shape index (κ3) is 4.41. The van der Waals surface area contributed by atoms with Gasteiger partial charge in [0.15, 0.2) is 0 Å². The molecule has 0 saturated heterocycles. The maximum Gasteiger partial charge on any atom is 0.337 e. The fourth-order valence-electron chi connectivity index (χ4n) is 2.16. The van der Waals surface area contributed by atoms with Gasteiger partial charge in [0.1, 0.15) is 5.82 Å². The summed E-state index contributed by atoms with van der Waals surface area (Å²) in [5, 5.41) is 7.26. The highest BCUT2D eigenvalue weighted by atomic mass is 35.5. The molecule has 6 nitrogen and oxygen atoms in total. The number of carbonyl (C=O) groups is 1. The van der Waals surface area contributed by atoms with E-state index in [9.17, 15) is 4.79 Å². The Hall–Kier alpha value is -2.83. The third-order valence-corrected chi connectivity index (χ3v) is 3.97. The molecular weight excluding hydrogens is 375 g/mol. The van der Waals surface area contributed by atoms with E-state index in [1.54, 1.807) is 54.7 Å². The first kappa shape index (κ1) is 18.0. The molecule has 0 fully saturated rings. The number of ether oxygens (including phenoxy) is 1. The number of hydrogen-bond donors (Lipinski definition) is 2. The molecule has 0 amide bonds. The first-order valence-corrected chi connectivity index (χ1v) is 8.31. The van der Waals surface area contributed by atoms with Gasteiger partial charge < -0.3 is 15.4 Å². The molecule has 0 aliphatic rings. The average Bonchev–Trinajstić information content (AvgIpc) is 2.65. The number of rotatable bonds is 5. The van der Waals surface area contributed by atoms with Gasteiger partial charge in [-0.1, -0.05) is 23.2 Å². The van der Waals surface area contributed by atoms with Gasteiger partial charge in [-0.3, -0.25) is 0 Å². The molecule has 26 heavy (non-hydrogen) atoms. The number of hydrogen-bond acceptors (Lipinski definition) is 6. The summed E-state index contributed by atoms with van der Waals surface area (Å²) in [6.07, 6.45) is 1.61. The van der Waals surface area contributed by atoms with Gasteiger partial charge in [-0.15, -0.1) is 0 Å². The molecule has 8 heteroatoms. The molecule has 132 valence electrons. The number of aromatic nitrogens is 2. The predicted molar refractivity (Wildman–Crippen MR) is 103 cm³/mol. The Morgan fingerprint density at radius 2 is 1.81 bits per heavy atom. The van der Waals surface area contributed by atoms with E-state index in [1.165, 1.54) is 7.11 Å². The molecule has 0 bridgehead atoms. The van der Waals surface area contributed by atoms with Gasteiger partial charge in [0.05, 0.1) is 23.4 Å². The summed E-state index contributed by atoms with van der Waals surface area (Å²) >= 11 is 12.1. The van der Waals surface area contributed by atoms with Crippen molar-refractivity contribution in [1.29, 1.82) is 0 Å². The second kappa shape index (κ2) is 8.03. The van der Waals surface area contributed by atoms with Crippen LogP contribution in [0.4, 0.5) is 23.1 Å². The first-order valence-electron chi connectivity index (χ1n) is 7.55. The minimum absolute atomic E-state index is 0.388. The monoisotopic (exact) mass is 388 g/mol. The van der Waals surface area contributed by atoms with Gasteiger partial charge in [0.2, 0.25) is 5.95 Å². The maximum atomic E-state index is 11.5. The standard InChI is InChI=1S/C18H14Cl2N4O2/c1-26-17(25)11-2-5-13(6-3-11)22-18-21-9-8-16(24-18)23-15-10-12(19)4-7-14(15)20/h2-10H,1H3,(H2,21,22,23,24). The zero-order chi connectivity index (χ0) is 18.5. The number of anilines is 4. The first-order chi connectivity index (χ1) is 12.5. The van der Waals surface area contributed by atoms with Crippen molar-refractivity contribution in [2.24, 2.45) is 0 Å². The molecule has 3 rings (SSSR count). The van der Waals surface area contributed by atoms with Crippen molar-refractivity contribution in [3.63, 3.8) is 0 Å². The summed E-state index contributed by atoms with van der Waals surface area (Å²) in [5.74, 6) is 0.550. The summed E-state index contributed by atoms with van der Waals surface area (Å²) in [6, 6.07) is 13.6. The van der Waals surface area contributed by atoms with Crippen LogP contribution in [0.3, 0.4) is 0 Å². The quantitative estimate of drug-likeness (QED) is 0.595. The smallest absolute Gasteiger partial charge is 0.337 e. The SMILES string of the molecule is COC(=O)c1ccc(Nc2nccc(Nc3cc(Cl)ccc3Cl)n2)cc1. The molecule has 0 aliphatic heterocycles. The lowest BCUT2D eigenvalue weighted by Crippen LogP contribution is -2.02. The second-order valence-corrected chi connectivity index (χ2v) is 6.05. The van der Waals surface area contributed by atoms with E-state index in [2.05, 4.69) is 25.3 Å². The topological polar surface area (TPSA) is 76.1 Å². The van der Waals surface area contributed by atoms with Crippen LogP contribution in [0, 0.1) is 0 Å². The zero-order valence-corrected chi connectivity index (χ0v) is 15.2. The van der Waals surface area contributed by atoms with E-state index in [1.807, 2.05) is 0 Å². The van der Waals surface area contributed by atoms with Gasteiger partial charge in [-0.2, -0.15) is 4.98 Å². The Balaban J connectivity index is 1.75. The summed E-state index contributed by atoms with van der Waals surface area (Å²) in [7, 11) is 1.34. The van der Waals surface area contributed by atoms with E-state index < -0.39 is 5.97 Å². The van der Waals surface area contributed by atoms with Gasteiger partial charge in [-0.05, 0) is 48.5 Å². The normalized spacial score (nSPS) is 10.3. The highest BCUT2D eigenvalue weighted by molar-refractivity contribution is 6.35. The Morgan fingerprint density at radius 3 is 2.54 bits per heavy atom. The van der Waals surface area contributed by atoms with Gasteiger partial charge >= 0.3 is 5.97 Å². The van der Waals surface area contributed by atoms with E-state index in [-0.39, 0.29) is 0 Å². The number of nitrogens with zero attached hydrogens (tertiary/aromatic N) is 2. The molecule has 2 N–H and O–H groups in total. The lowest BCUT2D eigenvalue weighted by molar-refractivity contribution is 0.0601. The number of benzene rings is 2. The van der Waals surface area contributed by atoms with Crippen LogP contribution in [-0.2, 0) is 4.74 Å². The Morgan fingerprint density at radius 1 is 1.04 bits per heavy atom. The molecule has 3 aromatic rings. The lowest BCUT2D eigenvalue weighted by Gasteiger charge is -2.10. The maximum absolute atomic E-state index is 11.5. The second-order valence-electron chi connectivity index (χ2n) is 5.21. The molecule has 1 aromatic heterocycles. The molecule has 0 unspecified atom stereocenters. The van der Waals surface area contributed by atoms with E-state index >= 15 is 0 Å². The predicted octanol–water partition coefficient (Wildman–Crippen LogP) is 5.06. The van der Waals surface area contributed by atoms with Gasteiger partial charge in [0.25, 0.3) is 0 Å². The van der Waals surface area contributed by atoms with Crippen molar-refractivity contribution in [3.8, 4) is 0 Å². The van der Waals surface area contributed by atoms with Crippen molar-refractivity contribution in [1.82, 2.24) is 9.97 Å². The number of nitrogens with one attached hydrogen (secondary N) is 2. The van der Waals surface area contributed by atoms with Crippen LogP contribution in [0.25, 0.3) is 0 Å². The van der Waals surface area contributed by atoms with Crippen molar-refractivity contribution in [2.75, 3.05) is 17.7 Å². The lowest BCUT2D eigenvalue weighted by atomic mass is 10.2. The number of carbonyl (C=O) groups excluding carboxylic acids is 1. The zero-order valence-electron chi connectivity index (χ0n) is 13.7. The van der Waals surface area contributed by atoms with Crippen LogP contribution in [0.2, 0.25) is 10.0 Å². The van der Waals surface area contributed by atoms with Crippen molar-refractivity contribution < 1.29 is 9.53 Å². The molecule has 2 aromatic carbocycles. The van der Waals surface area contributed by atoms with Crippen LogP contribution in [-0.4, -0.2) is 23.0 Å². The number of methoxy groups -OCH3 is 1. The third-order valence-electron chi connectivity index (χ3n) is 3.41. The fourth-order valence-corrected chi connectivity index (χ4v) is 2.49. The van der Waals surface area contributed by atoms with Crippen LogP contribution >= 0.6 is 23.2 Å². The Kier molecular flexibility index (Phi) is 5.55. The summed E-state index contributed by atoms with van der Waals surface area (Å²) in [5.41, 5.74) is 1.84. The molecule has 1 heterocycles. The largest absolute Gasteiger partial charge is 0.465 e. The summed E-state index contributed by atoms with van der Waals surface area (Å²) < 4.78 is 4.67. The summed E-state index contributed by atoms with van der Waals surface area (Å²) in [4.78, 5) is 20.0. The molecule has 0 radical (unpaired) electrons. The number of esters is 1. The minimum Gasteiger partial charge on any atom is -0.465 e. The van der Waals surface area contributed by atoms with Crippen LogP contribution < -0.4 is 10.6 Å². The van der Waals surface area contributed by atoms with Gasteiger partial charge in [-0.25, -0.2) is 9.78 Å². The van der Waals surface area contributed by atoms with Crippen molar-refractivity contribution in [2.45, 2.75) is 0 Å². The van der Waals surface area contributed by atoms with Gasteiger partial charge in [0, 0.05) is 16.9 Å². The van der Waals surface area contributed by atoms with E-state index in [0.29, 0.717) is 33.1 Å². The van der Waals surface area contributed by atoms with Crippen LogP contribution in [0.15, 0.2) is 54.7 Å². The van der Waals surface area contributed by atoms with Crippen molar-refractivity contribution in [3.05, 3.63) is 70.3 Å². The fraction of sp³-hybridized carbons (Fsp3) is 0.0556. The Labute approximate surface area is 160 Å². The molecule has 0 aliphatic carbocycles. The highest BCUT2D eigenvalue weighted by Gasteiger charge is 2.07. The van der Waals surface area contributed by atoms with Crippen LogP contribution in [0.1, 0.15) is 10.4 Å². The van der Waals surface area contributed by atoms with E-state index in [0.717, 1.165) is 5.69 Å². The number of halogens is 2. The van der Waals surface area contributed by atoms with E-state index in [4.69, 9.17) is 23.2 Å². The summed E-state index contributed by atoms with van der Waals surface area (Å²) in [6.45, 7) is 0. The highest BCUT2D eigenvalue weighted by Crippen LogP contribution is 2.28. The molecule has 0 spiro atoms.